The molecule has 166 valence electrons. The van der Waals surface area contributed by atoms with Crippen LogP contribution in [-0.4, -0.2) is 52.2 Å². The molecule has 7 nitrogen and oxygen atoms in total. The van der Waals surface area contributed by atoms with Gasteiger partial charge in [-0.2, -0.15) is 5.26 Å². The number of sulfone groups is 1. The molecular formula is C23H22FN3O4S. The Balaban J connectivity index is 0.000000654. The van der Waals surface area contributed by atoms with Crippen molar-refractivity contribution in [1.82, 2.24) is 9.88 Å². The van der Waals surface area contributed by atoms with Gasteiger partial charge in [0.2, 0.25) is 6.41 Å². The Morgan fingerprint density at radius 1 is 1.09 bits per heavy atom. The van der Waals surface area contributed by atoms with Crippen molar-refractivity contribution < 1.29 is 22.3 Å². The molecule has 3 rings (SSSR count). The summed E-state index contributed by atoms with van der Waals surface area (Å²) < 4.78 is 43.0. The number of carbonyl (C=O) groups is 1. The summed E-state index contributed by atoms with van der Waals surface area (Å²) in [6.45, 7) is 0. The van der Waals surface area contributed by atoms with Gasteiger partial charge in [0.15, 0.2) is 9.84 Å². The van der Waals surface area contributed by atoms with E-state index >= 15 is 0 Å². The maximum absolute atomic E-state index is 13.4. The molecule has 0 aliphatic carbocycles. The molecule has 0 unspecified atom stereocenters. The first-order valence-corrected chi connectivity index (χ1v) is 11.1. The van der Waals surface area contributed by atoms with E-state index < -0.39 is 15.7 Å². The number of nitriles is 1. The van der Waals surface area contributed by atoms with Crippen LogP contribution in [0.2, 0.25) is 0 Å². The summed E-state index contributed by atoms with van der Waals surface area (Å²) in [5, 5.41) is 9.16. The Hall–Kier alpha value is -3.77. The molecular weight excluding hydrogens is 433 g/mol. The van der Waals surface area contributed by atoms with Gasteiger partial charge in [-0.15, -0.1) is 0 Å². The quantitative estimate of drug-likeness (QED) is 0.546. The van der Waals surface area contributed by atoms with Crippen molar-refractivity contribution in [3.63, 3.8) is 0 Å². The van der Waals surface area contributed by atoms with Gasteiger partial charge in [-0.05, 0) is 41.5 Å². The maximum atomic E-state index is 13.4. The minimum atomic E-state index is -3.51. The second kappa shape index (κ2) is 10.5. The van der Waals surface area contributed by atoms with Crippen LogP contribution in [0.15, 0.2) is 59.8 Å². The number of ether oxygens (including phenoxy) is 1. The zero-order valence-electron chi connectivity index (χ0n) is 18.0. The highest BCUT2D eigenvalue weighted by Gasteiger charge is 2.20. The predicted octanol–water partition coefficient (Wildman–Crippen LogP) is 3.54. The highest BCUT2D eigenvalue weighted by atomic mass is 32.2. The maximum Gasteiger partial charge on any atom is 0.209 e. The van der Waals surface area contributed by atoms with Crippen LogP contribution in [0.5, 0.6) is 5.75 Å². The Morgan fingerprint density at radius 3 is 2.22 bits per heavy atom. The number of carbonyl (C=O) groups excluding carboxylic acids is 1. The van der Waals surface area contributed by atoms with E-state index in [9.17, 15) is 17.6 Å². The van der Waals surface area contributed by atoms with Crippen LogP contribution >= 0.6 is 0 Å². The van der Waals surface area contributed by atoms with Gasteiger partial charge in [0, 0.05) is 43.9 Å². The van der Waals surface area contributed by atoms with Crippen molar-refractivity contribution in [3.8, 4) is 34.1 Å². The second-order valence-electron chi connectivity index (χ2n) is 6.97. The molecule has 0 atom stereocenters. The fourth-order valence-corrected chi connectivity index (χ4v) is 3.41. The van der Waals surface area contributed by atoms with Crippen LogP contribution < -0.4 is 4.74 Å². The SMILES string of the molecule is CN(C)C=O.COc1cc(S(C)(=O)=O)cc(-c2ccc(F)cc2)c1-c1cncc(C#N)c1. The van der Waals surface area contributed by atoms with Crippen molar-refractivity contribution in [1.29, 1.82) is 5.26 Å². The summed E-state index contributed by atoms with van der Waals surface area (Å²) in [4.78, 5) is 15.0. The van der Waals surface area contributed by atoms with Crippen LogP contribution in [0.25, 0.3) is 22.3 Å². The smallest absolute Gasteiger partial charge is 0.209 e. The molecule has 3 aromatic rings. The number of hydrogen-bond donors (Lipinski definition) is 0. The first-order valence-electron chi connectivity index (χ1n) is 9.26. The van der Waals surface area contributed by atoms with E-state index in [4.69, 9.17) is 10.00 Å². The normalized spacial score (nSPS) is 10.4. The van der Waals surface area contributed by atoms with Gasteiger partial charge in [-0.25, -0.2) is 12.8 Å². The molecule has 0 bridgehead atoms. The minimum Gasteiger partial charge on any atom is -0.496 e. The number of hydrogen-bond acceptors (Lipinski definition) is 6. The van der Waals surface area contributed by atoms with Gasteiger partial charge in [0.05, 0.1) is 17.6 Å². The Kier molecular flexibility index (Phi) is 8.04. The summed E-state index contributed by atoms with van der Waals surface area (Å²) in [5.74, 6) is -0.0891. The van der Waals surface area contributed by atoms with Crippen LogP contribution in [-0.2, 0) is 14.6 Å². The number of pyridine rings is 1. The van der Waals surface area contributed by atoms with E-state index in [1.54, 1.807) is 38.5 Å². The lowest BCUT2D eigenvalue weighted by Crippen LogP contribution is -2.06. The molecule has 1 amide bonds. The second-order valence-corrected chi connectivity index (χ2v) is 8.99. The van der Waals surface area contributed by atoms with Gasteiger partial charge in [-0.3, -0.25) is 9.78 Å². The summed E-state index contributed by atoms with van der Waals surface area (Å²) >= 11 is 0. The molecule has 0 saturated carbocycles. The fourth-order valence-electron chi connectivity index (χ4n) is 2.76. The summed E-state index contributed by atoms with van der Waals surface area (Å²) in [7, 11) is 1.30. The molecule has 0 fully saturated rings. The van der Waals surface area contributed by atoms with Gasteiger partial charge in [0.25, 0.3) is 0 Å². The largest absolute Gasteiger partial charge is 0.496 e. The highest BCUT2D eigenvalue weighted by molar-refractivity contribution is 7.90. The highest BCUT2D eigenvalue weighted by Crippen LogP contribution is 2.41. The lowest BCUT2D eigenvalue weighted by atomic mass is 9.94. The van der Waals surface area contributed by atoms with E-state index in [0.717, 1.165) is 12.7 Å². The van der Waals surface area contributed by atoms with E-state index in [1.165, 1.54) is 42.5 Å². The molecule has 0 aliphatic heterocycles. The third kappa shape index (κ3) is 6.12. The molecule has 9 heteroatoms. The number of benzene rings is 2. The van der Waals surface area contributed by atoms with E-state index in [0.29, 0.717) is 33.6 Å². The van der Waals surface area contributed by atoms with Crippen LogP contribution in [0.4, 0.5) is 4.39 Å². The number of halogens is 1. The Morgan fingerprint density at radius 2 is 1.72 bits per heavy atom. The third-order valence-electron chi connectivity index (χ3n) is 4.25. The van der Waals surface area contributed by atoms with Crippen molar-refractivity contribution in [2.24, 2.45) is 0 Å². The van der Waals surface area contributed by atoms with Crippen molar-refractivity contribution in [3.05, 3.63) is 66.2 Å². The summed E-state index contributed by atoms with van der Waals surface area (Å²) in [6, 6.07) is 12.3. The lowest BCUT2D eigenvalue weighted by molar-refractivity contribution is -0.115. The Labute approximate surface area is 186 Å². The van der Waals surface area contributed by atoms with Gasteiger partial charge < -0.3 is 9.64 Å². The topological polar surface area (TPSA) is 100 Å². The first kappa shape index (κ1) is 24.5. The minimum absolute atomic E-state index is 0.0758. The molecule has 1 aromatic heterocycles. The summed E-state index contributed by atoms with van der Waals surface area (Å²) in [6.07, 6.45) is 4.85. The number of rotatable bonds is 5. The number of aromatic nitrogens is 1. The van der Waals surface area contributed by atoms with Crippen LogP contribution in [0.1, 0.15) is 5.56 Å². The van der Waals surface area contributed by atoms with Crippen molar-refractivity contribution in [2.45, 2.75) is 4.90 Å². The van der Waals surface area contributed by atoms with Gasteiger partial charge >= 0.3 is 0 Å². The Bertz CT molecular complexity index is 1250. The predicted molar refractivity (Wildman–Crippen MR) is 119 cm³/mol. The molecule has 0 aliphatic rings. The molecule has 32 heavy (non-hydrogen) atoms. The first-order chi connectivity index (χ1) is 15.1. The molecule has 0 spiro atoms. The number of nitrogens with zero attached hydrogens (tertiary/aromatic N) is 3. The zero-order valence-corrected chi connectivity index (χ0v) is 18.9. The summed E-state index contributed by atoms with van der Waals surface area (Å²) in [5.41, 5.74) is 2.66. The average molecular weight is 456 g/mol. The van der Waals surface area contributed by atoms with Gasteiger partial charge in [0.1, 0.15) is 17.6 Å². The van der Waals surface area contributed by atoms with Crippen molar-refractivity contribution in [2.75, 3.05) is 27.5 Å². The lowest BCUT2D eigenvalue weighted by Gasteiger charge is -2.16. The van der Waals surface area contributed by atoms with Crippen molar-refractivity contribution >= 4 is 16.2 Å². The monoisotopic (exact) mass is 455 g/mol. The molecule has 0 saturated heterocycles. The fraction of sp³-hybridized carbons (Fsp3) is 0.174. The standard InChI is InChI=1S/C20H15FN2O3S.C3H7NO/c1-26-19-9-17(27(2,24)25)8-18(14-3-5-16(21)6-4-14)20(19)15-7-13(10-22)11-23-12-15;1-4(2)3-5/h3-9,11-12H,1-2H3;3H,1-2H3. The molecule has 1 heterocycles. The zero-order chi connectivity index (χ0) is 23.9. The van der Waals surface area contributed by atoms with Crippen LogP contribution in [0, 0.1) is 17.1 Å². The van der Waals surface area contributed by atoms with Gasteiger partial charge in [-0.1, -0.05) is 12.1 Å². The number of methoxy groups -OCH3 is 1. The average Bonchev–Trinajstić information content (AvgIpc) is 2.78. The third-order valence-corrected chi connectivity index (χ3v) is 5.34. The molecule has 2 aromatic carbocycles. The number of amides is 1. The van der Waals surface area contributed by atoms with E-state index in [1.807, 2.05) is 6.07 Å². The molecule has 0 radical (unpaired) electrons. The van der Waals surface area contributed by atoms with E-state index in [-0.39, 0.29) is 4.90 Å². The molecule has 0 N–H and O–H groups in total. The van der Waals surface area contributed by atoms with Crippen LogP contribution in [0.3, 0.4) is 0 Å². The van der Waals surface area contributed by atoms with E-state index in [2.05, 4.69) is 4.98 Å².